The quantitative estimate of drug-likeness (QED) is 0.601. The first-order valence-corrected chi connectivity index (χ1v) is 14.8. The maximum Gasteiger partial charge on any atom is 0.211 e. The van der Waals surface area contributed by atoms with E-state index in [4.69, 9.17) is 17.3 Å². The monoisotopic (exact) mass is 498 g/mol. The zero-order valence-corrected chi connectivity index (χ0v) is 20.9. The number of sulfone groups is 1. The van der Waals surface area contributed by atoms with E-state index in [-0.39, 0.29) is 16.4 Å². The summed E-state index contributed by atoms with van der Waals surface area (Å²) in [7, 11) is -6.74. The fraction of sp³-hybridized carbons (Fsp3) is 0.478. The highest BCUT2D eigenvalue weighted by Gasteiger charge is 2.39. The minimum atomic E-state index is -3.43. The van der Waals surface area contributed by atoms with Gasteiger partial charge in [-0.05, 0) is 67.5 Å². The van der Waals surface area contributed by atoms with Gasteiger partial charge in [-0.1, -0.05) is 35.9 Å². The lowest BCUT2D eigenvalue weighted by molar-refractivity contribution is 0.193. The second-order valence-corrected chi connectivity index (χ2v) is 13.2. The van der Waals surface area contributed by atoms with Crippen LogP contribution in [-0.4, -0.2) is 52.8 Å². The van der Waals surface area contributed by atoms with Crippen molar-refractivity contribution >= 4 is 31.5 Å². The van der Waals surface area contributed by atoms with E-state index in [0.29, 0.717) is 37.4 Å². The molecule has 0 bridgehead atoms. The summed E-state index contributed by atoms with van der Waals surface area (Å²) in [6, 6.07) is 14.3. The zero-order valence-electron chi connectivity index (χ0n) is 18.5. The minimum Gasteiger partial charge on any atom is -0.330 e. The molecule has 0 aromatic heterocycles. The Morgan fingerprint density at radius 2 is 1.69 bits per heavy atom. The van der Waals surface area contributed by atoms with Crippen molar-refractivity contribution < 1.29 is 16.8 Å². The molecule has 1 aliphatic carbocycles. The maximum absolute atomic E-state index is 12.6. The first-order valence-electron chi connectivity index (χ1n) is 10.7. The Morgan fingerprint density at radius 1 is 1.03 bits per heavy atom. The Hall–Kier alpha value is -1.45. The molecule has 2 aromatic rings. The number of halogens is 1. The van der Waals surface area contributed by atoms with E-state index in [1.165, 1.54) is 12.5 Å². The summed E-state index contributed by atoms with van der Waals surface area (Å²) < 4.78 is 50.5. The van der Waals surface area contributed by atoms with Gasteiger partial charge in [0.25, 0.3) is 0 Å². The number of hydrogen-bond donors (Lipinski definition) is 1. The normalized spacial score (nSPS) is 22.2. The number of nitrogens with two attached hydrogens (primary N) is 1. The van der Waals surface area contributed by atoms with Gasteiger partial charge in [-0.15, -0.1) is 0 Å². The minimum absolute atomic E-state index is 0.109. The van der Waals surface area contributed by atoms with Crippen molar-refractivity contribution in [1.29, 1.82) is 0 Å². The Bertz CT molecular complexity index is 1160. The summed E-state index contributed by atoms with van der Waals surface area (Å²) in [5.41, 5.74) is 7.89. The summed E-state index contributed by atoms with van der Waals surface area (Å²) >= 11 is 6.19. The third-order valence-electron chi connectivity index (χ3n) is 6.52. The van der Waals surface area contributed by atoms with Crippen molar-refractivity contribution in [3.8, 4) is 0 Å². The number of sulfonamides is 1. The smallest absolute Gasteiger partial charge is 0.211 e. The fourth-order valence-electron chi connectivity index (χ4n) is 4.66. The number of nitrogens with zero attached hydrogens (tertiary/aromatic N) is 1. The predicted octanol–water partition coefficient (Wildman–Crippen LogP) is 3.39. The molecule has 1 fully saturated rings. The Kier molecular flexibility index (Phi) is 7.72. The Labute approximate surface area is 196 Å². The van der Waals surface area contributed by atoms with Gasteiger partial charge in [-0.3, -0.25) is 0 Å². The van der Waals surface area contributed by atoms with E-state index < -0.39 is 19.9 Å². The first-order chi connectivity index (χ1) is 14.9. The molecule has 0 saturated heterocycles. The lowest BCUT2D eigenvalue weighted by Gasteiger charge is -2.43. The summed E-state index contributed by atoms with van der Waals surface area (Å²) in [4.78, 5) is 0.243. The van der Waals surface area contributed by atoms with E-state index in [0.717, 1.165) is 24.0 Å². The molecule has 32 heavy (non-hydrogen) atoms. The lowest BCUT2D eigenvalue weighted by Crippen LogP contribution is -2.47. The molecule has 0 atom stereocenters. The summed E-state index contributed by atoms with van der Waals surface area (Å²) in [6.07, 6.45) is 5.83. The van der Waals surface area contributed by atoms with Gasteiger partial charge in [0.2, 0.25) is 10.0 Å². The number of hydrogen-bond acceptors (Lipinski definition) is 5. The van der Waals surface area contributed by atoms with Crippen LogP contribution in [0.4, 0.5) is 0 Å². The van der Waals surface area contributed by atoms with Crippen LogP contribution in [0.5, 0.6) is 0 Å². The molecule has 176 valence electrons. The predicted molar refractivity (Wildman–Crippen MR) is 129 cm³/mol. The van der Waals surface area contributed by atoms with Crippen molar-refractivity contribution in [2.45, 2.75) is 48.5 Å². The highest BCUT2D eigenvalue weighted by molar-refractivity contribution is 7.90. The topological polar surface area (TPSA) is 97.5 Å². The summed E-state index contributed by atoms with van der Waals surface area (Å²) in [6.45, 7) is 0.792. The molecule has 1 aliphatic rings. The van der Waals surface area contributed by atoms with Gasteiger partial charge >= 0.3 is 0 Å². The van der Waals surface area contributed by atoms with Crippen molar-refractivity contribution in [2.24, 2.45) is 5.73 Å². The second kappa shape index (κ2) is 9.81. The Balaban J connectivity index is 1.75. The molecular weight excluding hydrogens is 468 g/mol. The molecular formula is C23H31ClN2O4S2. The molecule has 0 radical (unpaired) electrons. The third kappa shape index (κ3) is 5.91. The zero-order chi connectivity index (χ0) is 23.6. The summed E-state index contributed by atoms with van der Waals surface area (Å²) in [5, 5.41) is 0.673. The van der Waals surface area contributed by atoms with E-state index in [9.17, 15) is 16.8 Å². The Morgan fingerprint density at radius 3 is 2.25 bits per heavy atom. The highest BCUT2D eigenvalue weighted by Crippen LogP contribution is 2.41. The van der Waals surface area contributed by atoms with E-state index in [1.807, 2.05) is 30.3 Å². The van der Waals surface area contributed by atoms with Crippen LogP contribution in [0.2, 0.25) is 5.02 Å². The molecule has 2 N–H and O–H groups in total. The fourth-order valence-corrected chi connectivity index (χ4v) is 6.72. The lowest BCUT2D eigenvalue weighted by atomic mass is 9.68. The number of benzene rings is 2. The largest absolute Gasteiger partial charge is 0.330 e. The molecule has 0 aliphatic heterocycles. The van der Waals surface area contributed by atoms with Gasteiger partial charge in [-0.25, -0.2) is 16.8 Å². The highest BCUT2D eigenvalue weighted by atomic mass is 35.5. The van der Waals surface area contributed by atoms with Gasteiger partial charge in [0.15, 0.2) is 9.84 Å². The van der Waals surface area contributed by atoms with Crippen LogP contribution in [-0.2, 0) is 31.7 Å². The van der Waals surface area contributed by atoms with Gasteiger partial charge in [0.1, 0.15) is 0 Å². The van der Waals surface area contributed by atoms with Crippen LogP contribution < -0.4 is 5.73 Å². The van der Waals surface area contributed by atoms with Crippen molar-refractivity contribution in [2.75, 3.05) is 25.6 Å². The van der Waals surface area contributed by atoms with Crippen LogP contribution >= 0.6 is 11.6 Å². The second-order valence-electron chi connectivity index (χ2n) is 8.77. The van der Waals surface area contributed by atoms with Gasteiger partial charge in [0, 0.05) is 35.8 Å². The van der Waals surface area contributed by atoms with Crippen LogP contribution in [0, 0.1) is 0 Å². The van der Waals surface area contributed by atoms with Gasteiger partial charge < -0.3 is 5.73 Å². The first kappa shape index (κ1) is 25.2. The number of rotatable bonds is 8. The molecule has 0 heterocycles. The molecule has 2 aromatic carbocycles. The molecule has 0 unspecified atom stereocenters. The third-order valence-corrected chi connectivity index (χ3v) is 9.20. The van der Waals surface area contributed by atoms with Crippen LogP contribution in [0.15, 0.2) is 53.4 Å². The SMILES string of the molecule is CS(=O)(=O)c1cccc(CCN([C@H]2CC[C@](CN)(c3cccc(Cl)c3)CC2)S(C)(=O)=O)c1. The molecule has 1 saturated carbocycles. The van der Waals surface area contributed by atoms with E-state index in [1.54, 1.807) is 22.5 Å². The molecule has 3 rings (SSSR count). The van der Waals surface area contributed by atoms with Crippen LogP contribution in [0.1, 0.15) is 36.8 Å². The van der Waals surface area contributed by atoms with E-state index >= 15 is 0 Å². The standard InChI is InChI=1S/C23H31ClN2O4S2/c1-31(27,28)22-8-3-5-18(15-22)11-14-26(32(2,29)30)21-9-12-23(17-25,13-10-21)19-6-4-7-20(24)16-19/h3-8,15-16,21H,9-14,17,25H2,1-2H3/t21-,23-. The molecule has 0 amide bonds. The average molecular weight is 499 g/mol. The average Bonchev–Trinajstić information content (AvgIpc) is 2.73. The van der Waals surface area contributed by atoms with Crippen LogP contribution in [0.3, 0.4) is 0 Å². The molecule has 9 heteroatoms. The molecule has 0 spiro atoms. The van der Waals surface area contributed by atoms with Crippen molar-refractivity contribution in [1.82, 2.24) is 4.31 Å². The van der Waals surface area contributed by atoms with Crippen molar-refractivity contribution in [3.63, 3.8) is 0 Å². The molecule has 6 nitrogen and oxygen atoms in total. The van der Waals surface area contributed by atoms with Gasteiger partial charge in [-0.2, -0.15) is 4.31 Å². The van der Waals surface area contributed by atoms with Crippen molar-refractivity contribution in [3.05, 3.63) is 64.7 Å². The summed E-state index contributed by atoms with van der Waals surface area (Å²) in [5.74, 6) is 0. The van der Waals surface area contributed by atoms with E-state index in [2.05, 4.69) is 0 Å². The van der Waals surface area contributed by atoms with Gasteiger partial charge in [0.05, 0.1) is 11.2 Å². The van der Waals surface area contributed by atoms with Crippen LogP contribution in [0.25, 0.3) is 0 Å². The maximum atomic E-state index is 12.6.